The van der Waals surface area contributed by atoms with Crippen LogP contribution in [0.25, 0.3) is 6.08 Å². The molecule has 0 aliphatic rings. The predicted molar refractivity (Wildman–Crippen MR) is 71.9 cm³/mol. The van der Waals surface area contributed by atoms with E-state index in [0.717, 1.165) is 17.7 Å². The van der Waals surface area contributed by atoms with Gasteiger partial charge in [-0.25, -0.2) is 0 Å². The summed E-state index contributed by atoms with van der Waals surface area (Å²) in [6.07, 6.45) is 4.15. The van der Waals surface area contributed by atoms with Crippen LogP contribution in [0.1, 0.15) is 18.9 Å². The minimum absolute atomic E-state index is 0.102. The highest BCUT2D eigenvalue weighted by molar-refractivity contribution is 5.92. The van der Waals surface area contributed by atoms with Crippen molar-refractivity contribution < 1.29 is 14.3 Å². The summed E-state index contributed by atoms with van der Waals surface area (Å²) in [6.45, 7) is 2.69. The molecule has 0 spiro atoms. The summed E-state index contributed by atoms with van der Waals surface area (Å²) < 4.78 is 10.3. The van der Waals surface area contributed by atoms with E-state index in [1.807, 2.05) is 19.1 Å². The van der Waals surface area contributed by atoms with Gasteiger partial charge in [-0.1, -0.05) is 6.92 Å². The first-order valence-electron chi connectivity index (χ1n) is 5.89. The fraction of sp³-hybridized carbons (Fsp3) is 0.357. The highest BCUT2D eigenvalue weighted by atomic mass is 16.5. The van der Waals surface area contributed by atoms with Crippen LogP contribution in [0.15, 0.2) is 24.3 Å². The van der Waals surface area contributed by atoms with Gasteiger partial charge in [0.25, 0.3) is 0 Å². The second-order valence-electron chi connectivity index (χ2n) is 3.73. The number of ether oxygens (including phenoxy) is 2. The first-order chi connectivity index (χ1) is 8.71. The molecule has 0 bridgehead atoms. The number of methoxy groups -OCH3 is 2. The van der Waals surface area contributed by atoms with Crippen LogP contribution in [0.5, 0.6) is 11.5 Å². The molecule has 1 aromatic carbocycles. The molecule has 0 saturated heterocycles. The molecule has 4 nitrogen and oxygen atoms in total. The summed E-state index contributed by atoms with van der Waals surface area (Å²) in [7, 11) is 3.19. The van der Waals surface area contributed by atoms with Gasteiger partial charge in [0.05, 0.1) is 14.2 Å². The van der Waals surface area contributed by atoms with E-state index in [1.54, 1.807) is 26.4 Å². The molecule has 0 atom stereocenters. The van der Waals surface area contributed by atoms with Crippen molar-refractivity contribution in [2.75, 3.05) is 20.8 Å². The lowest BCUT2D eigenvalue weighted by Crippen LogP contribution is -2.21. The summed E-state index contributed by atoms with van der Waals surface area (Å²) in [6, 6.07) is 5.46. The molecule has 1 rings (SSSR count). The van der Waals surface area contributed by atoms with Gasteiger partial charge in [0.15, 0.2) is 0 Å². The zero-order chi connectivity index (χ0) is 13.4. The molecule has 0 radical (unpaired) electrons. The van der Waals surface area contributed by atoms with E-state index >= 15 is 0 Å². The number of amides is 1. The second-order valence-corrected chi connectivity index (χ2v) is 3.73. The number of benzene rings is 1. The third-order valence-electron chi connectivity index (χ3n) is 2.40. The van der Waals surface area contributed by atoms with Gasteiger partial charge in [-0.15, -0.1) is 0 Å². The van der Waals surface area contributed by atoms with Gasteiger partial charge in [0.2, 0.25) is 5.91 Å². The van der Waals surface area contributed by atoms with Crippen molar-refractivity contribution in [1.82, 2.24) is 5.32 Å². The quantitative estimate of drug-likeness (QED) is 0.786. The van der Waals surface area contributed by atoms with E-state index in [0.29, 0.717) is 12.3 Å². The largest absolute Gasteiger partial charge is 0.497 e. The Kier molecular flexibility index (Phi) is 5.77. The van der Waals surface area contributed by atoms with Crippen LogP contribution in [0.3, 0.4) is 0 Å². The predicted octanol–water partition coefficient (Wildman–Crippen LogP) is 2.24. The number of hydrogen-bond acceptors (Lipinski definition) is 3. The maximum absolute atomic E-state index is 11.4. The number of hydrogen-bond donors (Lipinski definition) is 1. The Morgan fingerprint density at radius 3 is 2.72 bits per heavy atom. The lowest BCUT2D eigenvalue weighted by atomic mass is 10.1. The van der Waals surface area contributed by atoms with Crippen molar-refractivity contribution in [2.24, 2.45) is 0 Å². The van der Waals surface area contributed by atoms with Crippen molar-refractivity contribution >= 4 is 12.0 Å². The van der Waals surface area contributed by atoms with Crippen LogP contribution in [0, 0.1) is 0 Å². The first kappa shape index (κ1) is 14.1. The number of carbonyl (C=O) groups is 1. The van der Waals surface area contributed by atoms with E-state index < -0.39 is 0 Å². The van der Waals surface area contributed by atoms with E-state index in [-0.39, 0.29) is 5.91 Å². The molecule has 1 amide bonds. The third-order valence-corrected chi connectivity index (χ3v) is 2.40. The van der Waals surface area contributed by atoms with Crippen molar-refractivity contribution in [1.29, 1.82) is 0 Å². The summed E-state index contributed by atoms with van der Waals surface area (Å²) in [4.78, 5) is 11.4. The normalized spacial score (nSPS) is 10.4. The van der Waals surface area contributed by atoms with E-state index in [1.165, 1.54) is 6.08 Å². The van der Waals surface area contributed by atoms with Crippen LogP contribution in [-0.4, -0.2) is 26.7 Å². The molecule has 0 fully saturated rings. The molecule has 0 saturated carbocycles. The molecule has 0 heterocycles. The van der Waals surface area contributed by atoms with Crippen LogP contribution < -0.4 is 14.8 Å². The first-order valence-corrected chi connectivity index (χ1v) is 5.89. The summed E-state index contributed by atoms with van der Waals surface area (Å²) in [5, 5.41) is 2.77. The van der Waals surface area contributed by atoms with E-state index in [2.05, 4.69) is 5.32 Å². The molecule has 0 aromatic heterocycles. The lowest BCUT2D eigenvalue weighted by molar-refractivity contribution is -0.116. The van der Waals surface area contributed by atoms with Crippen LogP contribution in [-0.2, 0) is 4.79 Å². The smallest absolute Gasteiger partial charge is 0.244 e. The molecule has 0 aliphatic carbocycles. The molecule has 0 unspecified atom stereocenters. The standard InChI is InChI=1S/C14H19NO3/c1-4-9-15-14(16)8-6-11-5-7-12(17-2)10-13(11)18-3/h5-8,10H,4,9H2,1-3H3,(H,15,16)/b8-6+. The average molecular weight is 249 g/mol. The highest BCUT2D eigenvalue weighted by Crippen LogP contribution is 2.25. The van der Waals surface area contributed by atoms with Crippen molar-refractivity contribution in [2.45, 2.75) is 13.3 Å². The van der Waals surface area contributed by atoms with Crippen molar-refractivity contribution in [3.63, 3.8) is 0 Å². The Morgan fingerprint density at radius 2 is 2.11 bits per heavy atom. The summed E-state index contributed by atoms with van der Waals surface area (Å²) in [5.41, 5.74) is 0.838. The Bertz CT molecular complexity index is 427. The van der Waals surface area contributed by atoms with Crippen molar-refractivity contribution in [3.05, 3.63) is 29.8 Å². The second kappa shape index (κ2) is 7.37. The Morgan fingerprint density at radius 1 is 1.33 bits per heavy atom. The molecule has 98 valence electrons. The lowest BCUT2D eigenvalue weighted by Gasteiger charge is -2.07. The van der Waals surface area contributed by atoms with E-state index in [4.69, 9.17) is 9.47 Å². The minimum atomic E-state index is -0.102. The van der Waals surface area contributed by atoms with Crippen molar-refractivity contribution in [3.8, 4) is 11.5 Å². The van der Waals surface area contributed by atoms with Gasteiger partial charge in [0, 0.05) is 24.3 Å². The van der Waals surface area contributed by atoms with Crippen LogP contribution in [0.2, 0.25) is 0 Å². The van der Waals surface area contributed by atoms with Gasteiger partial charge >= 0.3 is 0 Å². The number of nitrogens with one attached hydrogen (secondary N) is 1. The topological polar surface area (TPSA) is 47.6 Å². The third kappa shape index (κ3) is 4.13. The van der Waals surface area contributed by atoms with Crippen LogP contribution in [0.4, 0.5) is 0 Å². The Balaban J connectivity index is 2.77. The van der Waals surface area contributed by atoms with Gasteiger partial charge in [-0.3, -0.25) is 4.79 Å². The van der Waals surface area contributed by atoms with Gasteiger partial charge in [-0.2, -0.15) is 0 Å². The maximum atomic E-state index is 11.4. The fourth-order valence-corrected chi connectivity index (χ4v) is 1.43. The Hall–Kier alpha value is -1.97. The summed E-state index contributed by atoms with van der Waals surface area (Å²) >= 11 is 0. The molecule has 1 N–H and O–H groups in total. The zero-order valence-corrected chi connectivity index (χ0v) is 11.0. The minimum Gasteiger partial charge on any atom is -0.497 e. The highest BCUT2D eigenvalue weighted by Gasteiger charge is 2.02. The molecular weight excluding hydrogens is 230 g/mol. The number of rotatable bonds is 6. The SMILES string of the molecule is CCCNC(=O)/C=C/c1ccc(OC)cc1OC. The van der Waals surface area contributed by atoms with Gasteiger partial charge in [-0.05, 0) is 24.6 Å². The molecule has 1 aromatic rings. The van der Waals surface area contributed by atoms with Gasteiger partial charge < -0.3 is 14.8 Å². The zero-order valence-electron chi connectivity index (χ0n) is 11.0. The molecule has 0 aliphatic heterocycles. The van der Waals surface area contributed by atoms with Crippen LogP contribution >= 0.6 is 0 Å². The molecular formula is C14H19NO3. The Labute approximate surface area is 108 Å². The molecule has 4 heteroatoms. The monoisotopic (exact) mass is 249 g/mol. The fourth-order valence-electron chi connectivity index (χ4n) is 1.43. The summed E-state index contributed by atoms with van der Waals surface area (Å²) in [5.74, 6) is 1.29. The average Bonchev–Trinajstić information content (AvgIpc) is 2.42. The van der Waals surface area contributed by atoms with E-state index in [9.17, 15) is 4.79 Å². The maximum Gasteiger partial charge on any atom is 0.244 e. The number of carbonyl (C=O) groups excluding carboxylic acids is 1. The molecule has 18 heavy (non-hydrogen) atoms. The van der Waals surface area contributed by atoms with Gasteiger partial charge in [0.1, 0.15) is 11.5 Å².